The maximum Gasteiger partial charge on any atom is 4.00 e. The van der Waals surface area contributed by atoms with E-state index in [1.54, 1.807) is 0 Å². The van der Waals surface area contributed by atoms with Crippen LogP contribution in [0.3, 0.4) is 0 Å². The second-order valence-corrected chi connectivity index (χ2v) is 3.67. The second-order valence-electron chi connectivity index (χ2n) is 1.22. The monoisotopic (exact) mass is 356 g/mol. The first-order chi connectivity index (χ1) is 6.00. The van der Waals surface area contributed by atoms with Crippen LogP contribution in [-0.4, -0.2) is 52.6 Å². The van der Waals surface area contributed by atoms with Gasteiger partial charge in [-0.2, -0.15) is 0 Å². The predicted molar refractivity (Wildman–Crippen MR) is 37.7 cm³/mol. The maximum absolute atomic E-state index is 8.52. The van der Waals surface area contributed by atoms with Crippen molar-refractivity contribution in [2.75, 3.05) is 0 Å². The van der Waals surface area contributed by atoms with Crippen LogP contribution in [0.5, 0.6) is 0 Å². The summed E-state index contributed by atoms with van der Waals surface area (Å²) in [4.78, 5) is 0. The van der Waals surface area contributed by atoms with Crippen LogP contribution in [0.15, 0.2) is 0 Å². The molecule has 0 heterocycles. The summed E-state index contributed by atoms with van der Waals surface area (Å²) in [6.45, 7) is 0. The van der Waals surface area contributed by atoms with Crippen molar-refractivity contribution in [2.24, 2.45) is 0 Å². The van der Waals surface area contributed by atoms with Gasteiger partial charge < -0.3 is 32.8 Å². The van der Waals surface area contributed by atoms with Crippen LogP contribution in [0.4, 0.5) is 0 Å². The first-order valence-corrected chi connectivity index (χ1v) is 6.00. The van der Waals surface area contributed by atoms with Crippen molar-refractivity contribution in [1.29, 1.82) is 0 Å². The minimum Gasteiger partial charge on any atom is -0.873 e. The Morgan fingerprint density at radius 2 is 0.471 bits per heavy atom. The molecule has 0 radical (unpaired) electrons. The van der Waals surface area contributed by atoms with E-state index in [4.69, 9.17) is 52.6 Å². The topological polar surface area (TPSA) is 275 Å². The van der Waals surface area contributed by atoms with Crippen molar-refractivity contribution in [1.82, 2.24) is 0 Å². The molecule has 0 aliphatic heterocycles. The van der Waals surface area contributed by atoms with Crippen molar-refractivity contribution in [2.45, 2.75) is 0 Å². The molecule has 0 amide bonds. The zero-order chi connectivity index (χ0) is 13.5. The van der Waals surface area contributed by atoms with Gasteiger partial charge in [0.1, 0.15) is 0 Å². The van der Waals surface area contributed by atoms with E-state index in [9.17, 15) is 0 Å². The van der Waals surface area contributed by atoms with Crippen LogP contribution < -0.4 is 0 Å². The van der Waals surface area contributed by atoms with E-state index in [-0.39, 0.29) is 27.2 Å². The molecular formula is H4O13S3Ti. The molecule has 0 rings (SSSR count). The van der Waals surface area contributed by atoms with E-state index in [1.165, 1.54) is 0 Å². The fraction of sp³-hybridized carbons (Fsp3) is 0. The summed E-state index contributed by atoms with van der Waals surface area (Å²) in [5, 5.41) is 0. The van der Waals surface area contributed by atoms with E-state index in [0.29, 0.717) is 0 Å². The molecule has 17 heteroatoms. The van der Waals surface area contributed by atoms with E-state index in [2.05, 4.69) is 0 Å². The quantitative estimate of drug-likeness (QED) is 0.223. The third-order valence-electron chi connectivity index (χ3n) is 0. The molecule has 0 aliphatic rings. The predicted octanol–water partition coefficient (Wildman–Crippen LogP) is -5.21. The average Bonchev–Trinajstić information content (AvgIpc) is 1.41. The van der Waals surface area contributed by atoms with Crippen molar-refractivity contribution in [3.05, 3.63) is 0 Å². The Labute approximate surface area is 111 Å². The van der Waals surface area contributed by atoms with Crippen LogP contribution >= 0.6 is 0 Å². The van der Waals surface area contributed by atoms with Gasteiger partial charge in [-0.25, -0.2) is 0 Å². The van der Waals surface area contributed by atoms with E-state index in [1.807, 2.05) is 0 Å². The number of hydrogen-bond donors (Lipinski definition) is 0. The molecule has 13 nitrogen and oxygen atoms in total. The van der Waals surface area contributed by atoms with Crippen LogP contribution in [-0.2, 0) is 58.4 Å². The Bertz CT molecular complexity index is 338. The Hall–Kier alpha value is 0.284. The van der Waals surface area contributed by atoms with E-state index < -0.39 is 31.2 Å². The molecule has 0 aliphatic carbocycles. The molecule has 17 heavy (non-hydrogen) atoms. The third-order valence-corrected chi connectivity index (χ3v) is 0. The fourth-order valence-electron chi connectivity index (χ4n) is 0. The van der Waals surface area contributed by atoms with Gasteiger partial charge in [-0.15, -0.1) is 0 Å². The minimum atomic E-state index is -5.17. The van der Waals surface area contributed by atoms with Gasteiger partial charge in [0.25, 0.3) is 0 Å². The first kappa shape index (κ1) is 30.4. The molecule has 104 valence electrons. The zero-order valence-electron chi connectivity index (χ0n) is 7.33. The van der Waals surface area contributed by atoms with Gasteiger partial charge in [0.2, 0.25) is 0 Å². The molecular weight excluding hydrogens is 352 g/mol. The van der Waals surface area contributed by atoms with Crippen LogP contribution in [0.25, 0.3) is 0 Å². The fourth-order valence-corrected chi connectivity index (χ4v) is 0. The molecule has 0 aromatic rings. The zero-order valence-corrected chi connectivity index (χ0v) is 11.3. The van der Waals surface area contributed by atoms with Crippen LogP contribution in [0.2, 0.25) is 0 Å². The third kappa shape index (κ3) is 41100. The average molecular weight is 356 g/mol. The summed E-state index contributed by atoms with van der Waals surface area (Å²) in [6.07, 6.45) is 0. The standard InChI is InChI=1S/3H2O4S.H4O.Ti/c3*1-5(2,3)4;;/h3*(H2,1,2,3,4);1H4;/q;;;+2;+4/p-6. The molecule has 0 fully saturated rings. The molecule has 0 saturated carbocycles. The molecule has 0 atom stereocenters. The summed E-state index contributed by atoms with van der Waals surface area (Å²) in [7, 11) is -15.5. The normalized spacial score (nSPS) is 10.2. The molecule has 0 saturated heterocycles. The Morgan fingerprint density at radius 3 is 0.471 bits per heavy atom. The van der Waals surface area contributed by atoms with Gasteiger partial charge in [0.05, 0.1) is 0 Å². The summed E-state index contributed by atoms with van der Waals surface area (Å²) in [5.74, 6) is 0. The largest absolute Gasteiger partial charge is 4.00 e. The molecule has 0 spiro atoms. The Balaban J connectivity index is -0.0000000400. The van der Waals surface area contributed by atoms with Gasteiger partial charge in [-0.3, -0.25) is 25.3 Å². The van der Waals surface area contributed by atoms with Crippen molar-refractivity contribution >= 4 is 31.2 Å². The van der Waals surface area contributed by atoms with Gasteiger partial charge >= 0.3 is 21.7 Å². The summed E-state index contributed by atoms with van der Waals surface area (Å²) in [6, 6.07) is 0. The van der Waals surface area contributed by atoms with Gasteiger partial charge in [0.15, 0.2) is 0 Å². The van der Waals surface area contributed by atoms with Crippen molar-refractivity contribution in [3.8, 4) is 0 Å². The maximum atomic E-state index is 8.52. The van der Waals surface area contributed by atoms with Crippen molar-refractivity contribution < 1.29 is 79.8 Å². The summed E-state index contributed by atoms with van der Waals surface area (Å²) in [5.41, 5.74) is 0. The Kier molecular flexibility index (Phi) is 20.3. The smallest absolute Gasteiger partial charge is 0.873 e. The molecule has 0 unspecified atom stereocenters. The van der Waals surface area contributed by atoms with E-state index in [0.717, 1.165) is 0 Å². The van der Waals surface area contributed by atoms with Gasteiger partial charge in [-0.1, -0.05) is 0 Å². The van der Waals surface area contributed by atoms with Gasteiger partial charge in [0, 0.05) is 31.2 Å². The first-order valence-electron chi connectivity index (χ1n) is 2.00. The molecule has 4 N–H and O–H groups in total. The number of hydrogen-bond acceptors (Lipinski definition) is 12. The second kappa shape index (κ2) is 11.4. The van der Waals surface area contributed by atoms with E-state index >= 15 is 0 Å². The number of rotatable bonds is 0. The minimum absolute atomic E-state index is 0. The Morgan fingerprint density at radius 1 is 0.471 bits per heavy atom. The van der Waals surface area contributed by atoms with Gasteiger partial charge in [-0.05, 0) is 0 Å². The summed E-state index contributed by atoms with van der Waals surface area (Å²) >= 11 is 0. The molecule has 0 bridgehead atoms. The van der Waals surface area contributed by atoms with Crippen molar-refractivity contribution in [3.63, 3.8) is 0 Å². The summed E-state index contributed by atoms with van der Waals surface area (Å²) < 4.78 is 102. The SMILES string of the molecule is O=S(=O)([O-])[O-].O=S(=O)([O-])[O-].O=S(=O)([O-])[O-].[OH4+2].[Ti+4]. The van der Waals surface area contributed by atoms with Crippen LogP contribution in [0.1, 0.15) is 0 Å². The molecule has 0 aromatic carbocycles. The van der Waals surface area contributed by atoms with Crippen LogP contribution in [0, 0.1) is 0 Å². The molecule has 0 aromatic heterocycles.